The first kappa shape index (κ1) is 18.0. The first-order valence-corrected chi connectivity index (χ1v) is 8.24. The summed E-state index contributed by atoms with van der Waals surface area (Å²) >= 11 is 0. The third-order valence-corrected chi connectivity index (χ3v) is 5.14. The number of benzene rings is 1. The molecule has 0 aromatic heterocycles. The van der Waals surface area contributed by atoms with Crippen LogP contribution in [-0.4, -0.2) is 51.9 Å². The Labute approximate surface area is 126 Å². The van der Waals surface area contributed by atoms with Gasteiger partial charge in [0.15, 0.2) is 0 Å². The highest BCUT2D eigenvalue weighted by Gasteiger charge is 2.22. The van der Waals surface area contributed by atoms with E-state index in [-0.39, 0.29) is 17.0 Å². The fourth-order valence-corrected chi connectivity index (χ4v) is 3.36. The number of rotatable bonds is 7. The third kappa shape index (κ3) is 4.47. The first-order chi connectivity index (χ1) is 9.70. The molecule has 0 unspecified atom stereocenters. The summed E-state index contributed by atoms with van der Waals surface area (Å²) in [6.07, 6.45) is 0.729. The summed E-state index contributed by atoms with van der Waals surface area (Å²) in [5, 5.41) is 0. The molecule has 0 aliphatic rings. The zero-order valence-electron chi connectivity index (χ0n) is 13.1. The Morgan fingerprint density at radius 2 is 1.81 bits per heavy atom. The lowest BCUT2D eigenvalue weighted by molar-refractivity contribution is 0.370. The van der Waals surface area contributed by atoms with Crippen molar-refractivity contribution in [3.63, 3.8) is 0 Å². The van der Waals surface area contributed by atoms with Crippen molar-refractivity contribution in [2.45, 2.75) is 24.8 Å². The summed E-state index contributed by atoms with van der Waals surface area (Å²) in [4.78, 5) is 2.09. The number of hydrogen-bond donors (Lipinski definition) is 1. The molecule has 0 heterocycles. The van der Waals surface area contributed by atoms with Crippen LogP contribution in [0.25, 0.3) is 0 Å². The highest BCUT2D eigenvalue weighted by atomic mass is 32.2. The van der Waals surface area contributed by atoms with E-state index in [0.29, 0.717) is 12.1 Å². The van der Waals surface area contributed by atoms with Gasteiger partial charge in [0.25, 0.3) is 0 Å². The van der Waals surface area contributed by atoms with E-state index in [1.165, 1.54) is 23.5 Å². The molecule has 2 N–H and O–H groups in total. The van der Waals surface area contributed by atoms with E-state index in [1.807, 2.05) is 19.0 Å². The van der Waals surface area contributed by atoms with Crippen LogP contribution < -0.4 is 5.73 Å². The maximum Gasteiger partial charge on any atom is 0.242 e. The summed E-state index contributed by atoms with van der Waals surface area (Å²) in [7, 11) is 1.79. The molecule has 1 rings (SSSR count). The minimum absolute atomic E-state index is 0.0274. The maximum absolute atomic E-state index is 13.8. The van der Waals surface area contributed by atoms with Crippen LogP contribution in [0.3, 0.4) is 0 Å². The molecule has 0 aliphatic carbocycles. The van der Waals surface area contributed by atoms with Crippen LogP contribution in [0.5, 0.6) is 0 Å². The highest BCUT2D eigenvalue weighted by Crippen LogP contribution is 2.21. The zero-order valence-corrected chi connectivity index (χ0v) is 13.9. The molecule has 7 heteroatoms. The van der Waals surface area contributed by atoms with Gasteiger partial charge < -0.3 is 10.6 Å². The standard InChI is InChI=1S/C14H24FN3O2S/c1-11-8-13(9-12(10-16)14(11)15)21(19,20)18(4)7-5-6-17(2)3/h8-9H,5-7,10,16H2,1-4H3. The lowest BCUT2D eigenvalue weighted by Crippen LogP contribution is -2.30. The van der Waals surface area contributed by atoms with Crippen molar-refractivity contribution in [3.8, 4) is 0 Å². The Bertz CT molecular complexity index is 588. The normalized spacial score (nSPS) is 12.4. The lowest BCUT2D eigenvalue weighted by atomic mass is 10.1. The molecule has 0 fully saturated rings. The largest absolute Gasteiger partial charge is 0.326 e. The minimum Gasteiger partial charge on any atom is -0.326 e. The van der Waals surface area contributed by atoms with Gasteiger partial charge in [-0.25, -0.2) is 17.1 Å². The Morgan fingerprint density at radius 1 is 1.19 bits per heavy atom. The second-order valence-electron chi connectivity index (χ2n) is 5.40. The minimum atomic E-state index is -3.62. The highest BCUT2D eigenvalue weighted by molar-refractivity contribution is 7.89. The smallest absolute Gasteiger partial charge is 0.242 e. The molecule has 0 atom stereocenters. The van der Waals surface area contributed by atoms with Crippen molar-refractivity contribution in [1.82, 2.24) is 9.21 Å². The van der Waals surface area contributed by atoms with Crippen molar-refractivity contribution in [3.05, 3.63) is 29.1 Å². The van der Waals surface area contributed by atoms with E-state index in [0.717, 1.165) is 13.0 Å². The molecule has 0 bridgehead atoms. The van der Waals surface area contributed by atoms with Gasteiger partial charge in [-0.3, -0.25) is 0 Å². The Kier molecular flexibility index (Phi) is 6.27. The second-order valence-corrected chi connectivity index (χ2v) is 7.45. The topological polar surface area (TPSA) is 66.6 Å². The van der Waals surface area contributed by atoms with Crippen LogP contribution in [0.4, 0.5) is 4.39 Å². The molecule has 1 aromatic carbocycles. The van der Waals surface area contributed by atoms with E-state index in [9.17, 15) is 12.8 Å². The van der Waals surface area contributed by atoms with Crippen LogP contribution in [0.2, 0.25) is 0 Å². The summed E-state index contributed by atoms with van der Waals surface area (Å²) < 4.78 is 40.0. The molecule has 120 valence electrons. The summed E-state index contributed by atoms with van der Waals surface area (Å²) in [6, 6.07) is 2.67. The van der Waals surface area contributed by atoms with Gasteiger partial charge in [-0.15, -0.1) is 0 Å². The van der Waals surface area contributed by atoms with Crippen molar-refractivity contribution in [2.75, 3.05) is 34.2 Å². The molecule has 0 amide bonds. The molecule has 0 spiro atoms. The second kappa shape index (κ2) is 7.31. The number of hydrogen-bond acceptors (Lipinski definition) is 4. The average molecular weight is 317 g/mol. The fourth-order valence-electron chi connectivity index (χ4n) is 2.01. The van der Waals surface area contributed by atoms with Gasteiger partial charge in [-0.2, -0.15) is 0 Å². The Morgan fingerprint density at radius 3 is 2.33 bits per heavy atom. The quantitative estimate of drug-likeness (QED) is 0.820. The first-order valence-electron chi connectivity index (χ1n) is 6.80. The van der Waals surface area contributed by atoms with E-state index < -0.39 is 15.8 Å². The number of halogens is 1. The van der Waals surface area contributed by atoms with Gasteiger partial charge in [0.2, 0.25) is 10.0 Å². The molecule has 0 aliphatic heterocycles. The summed E-state index contributed by atoms with van der Waals surface area (Å²) in [5.41, 5.74) is 5.98. The van der Waals surface area contributed by atoms with Crippen LogP contribution in [-0.2, 0) is 16.6 Å². The SMILES string of the molecule is Cc1cc(S(=O)(=O)N(C)CCCN(C)C)cc(CN)c1F. The molecule has 5 nitrogen and oxygen atoms in total. The van der Waals surface area contributed by atoms with E-state index >= 15 is 0 Å². The van der Waals surface area contributed by atoms with E-state index in [1.54, 1.807) is 6.92 Å². The summed E-state index contributed by atoms with van der Waals surface area (Å²) in [6.45, 7) is 2.73. The molecule has 21 heavy (non-hydrogen) atoms. The monoisotopic (exact) mass is 317 g/mol. The molecular formula is C14H24FN3O2S. The fraction of sp³-hybridized carbons (Fsp3) is 0.571. The van der Waals surface area contributed by atoms with E-state index in [2.05, 4.69) is 0 Å². The predicted molar refractivity (Wildman–Crippen MR) is 82.0 cm³/mol. The van der Waals surface area contributed by atoms with Crippen molar-refractivity contribution < 1.29 is 12.8 Å². The molecule has 1 aromatic rings. The van der Waals surface area contributed by atoms with Crippen molar-refractivity contribution in [1.29, 1.82) is 0 Å². The number of nitrogens with two attached hydrogens (primary N) is 1. The van der Waals surface area contributed by atoms with Crippen LogP contribution >= 0.6 is 0 Å². The Balaban J connectivity index is 2.99. The van der Waals surface area contributed by atoms with Gasteiger partial charge in [0.1, 0.15) is 5.82 Å². The predicted octanol–water partition coefficient (Wildman–Crippen LogP) is 1.17. The molecule has 0 saturated carbocycles. The number of sulfonamides is 1. The van der Waals surface area contributed by atoms with Crippen LogP contribution in [0, 0.1) is 12.7 Å². The zero-order chi connectivity index (χ0) is 16.2. The average Bonchev–Trinajstić information content (AvgIpc) is 2.40. The Hall–Kier alpha value is -1.02. The molecule has 0 radical (unpaired) electrons. The van der Waals surface area contributed by atoms with Gasteiger partial charge in [0, 0.05) is 25.7 Å². The molecule has 0 saturated heterocycles. The van der Waals surface area contributed by atoms with Gasteiger partial charge >= 0.3 is 0 Å². The third-order valence-electron chi connectivity index (χ3n) is 3.31. The van der Waals surface area contributed by atoms with Gasteiger partial charge in [-0.1, -0.05) is 0 Å². The van der Waals surface area contributed by atoms with Gasteiger partial charge in [-0.05, 0) is 51.7 Å². The lowest BCUT2D eigenvalue weighted by Gasteiger charge is -2.19. The van der Waals surface area contributed by atoms with Crippen LogP contribution in [0.15, 0.2) is 17.0 Å². The summed E-state index contributed by atoms with van der Waals surface area (Å²) in [5.74, 6) is -0.438. The van der Waals surface area contributed by atoms with Crippen molar-refractivity contribution >= 4 is 10.0 Å². The maximum atomic E-state index is 13.8. The van der Waals surface area contributed by atoms with Crippen molar-refractivity contribution in [2.24, 2.45) is 5.73 Å². The van der Waals surface area contributed by atoms with E-state index in [4.69, 9.17) is 5.73 Å². The number of aryl methyl sites for hydroxylation is 1. The van der Waals surface area contributed by atoms with Gasteiger partial charge in [0.05, 0.1) is 4.90 Å². The van der Waals surface area contributed by atoms with Crippen LogP contribution in [0.1, 0.15) is 17.5 Å². The number of nitrogens with zero attached hydrogens (tertiary/aromatic N) is 2. The molecular weight excluding hydrogens is 293 g/mol.